The molecule has 3 aliphatic carbocycles. The lowest BCUT2D eigenvalue weighted by Crippen LogP contribution is -2.82. The first kappa shape index (κ1) is 101. The van der Waals surface area contributed by atoms with Crippen molar-refractivity contribution < 1.29 is 160 Å². The van der Waals surface area contributed by atoms with Gasteiger partial charge in [-0.05, 0) is 120 Å². The summed E-state index contributed by atoms with van der Waals surface area (Å²) in [6.07, 6.45) is -22.2. The Bertz CT molecular complexity index is 4560. The van der Waals surface area contributed by atoms with Gasteiger partial charge in [0.05, 0.1) is 61.2 Å². The molecule has 2 bridgehead atoms. The number of methoxy groups -OCH3 is 2. The fraction of sp³-hybridized carbons (Fsp3) is 0.618. The van der Waals surface area contributed by atoms with Crippen molar-refractivity contribution in [1.29, 1.82) is 0 Å². The van der Waals surface area contributed by atoms with E-state index in [1.165, 1.54) is 85.2 Å². The number of aryl methyl sites for hydroxylation is 2. The second kappa shape index (κ2) is 45.6. The lowest BCUT2D eigenvalue weighted by Gasteiger charge is -2.67. The number of nitrogens with one attached hydrogen (secondary N) is 4. The zero-order chi connectivity index (χ0) is 93.8. The number of rotatable bonds is 43. The van der Waals surface area contributed by atoms with E-state index in [1.807, 2.05) is 0 Å². The largest absolute Gasteiger partial charge is 0.464 e. The topological polar surface area (TPSA) is 554 Å². The van der Waals surface area contributed by atoms with Crippen LogP contribution < -0.4 is 21.3 Å². The van der Waals surface area contributed by atoms with Crippen molar-refractivity contribution in [2.75, 3.05) is 60.4 Å². The number of hydrogen-bond acceptors (Lipinski definition) is 35. The third kappa shape index (κ3) is 24.2. The molecule has 40 nitrogen and oxygen atoms in total. The fourth-order valence-electron chi connectivity index (χ4n) is 17.7. The smallest absolute Gasteiger partial charge is 0.408 e. The molecule has 0 radical (unpaired) electrons. The van der Waals surface area contributed by atoms with Gasteiger partial charge in [-0.2, -0.15) is 0 Å². The first-order valence-electron chi connectivity index (χ1n) is 43.2. The number of nitrogens with zero attached hydrogens (tertiary/aromatic N) is 3. The highest BCUT2D eigenvalue weighted by molar-refractivity contribution is 5.97. The van der Waals surface area contributed by atoms with Crippen molar-refractivity contribution in [2.45, 2.75) is 273 Å². The molecule has 1 aromatic heterocycles. The number of esters is 6. The summed E-state index contributed by atoms with van der Waals surface area (Å²) in [5.41, 5.74) is -7.61. The lowest BCUT2D eigenvalue weighted by atomic mass is 9.44. The van der Waals surface area contributed by atoms with Crippen LogP contribution in [0.4, 0.5) is 4.79 Å². The van der Waals surface area contributed by atoms with Gasteiger partial charge in [0.1, 0.15) is 91.9 Å². The molecule has 0 spiro atoms. The van der Waals surface area contributed by atoms with Gasteiger partial charge in [-0.25, -0.2) is 24.0 Å². The molecule has 3 aliphatic heterocycles. The van der Waals surface area contributed by atoms with Crippen molar-refractivity contribution in [3.63, 3.8) is 0 Å². The molecule has 11 N–H and O–H groups in total. The molecule has 2 saturated carbocycles. The highest BCUT2D eigenvalue weighted by Gasteiger charge is 2.78. The minimum Gasteiger partial charge on any atom is -0.464 e. The Morgan fingerprint density at radius 2 is 1.35 bits per heavy atom. The van der Waals surface area contributed by atoms with E-state index < -0.39 is 236 Å². The number of aromatic nitrogens is 3. The average Bonchev–Trinajstić information content (AvgIpc) is 0.717. The molecule has 5 fully saturated rings. The van der Waals surface area contributed by atoms with Crippen LogP contribution in [0.2, 0.25) is 0 Å². The standard InChI is InChI=1S/C89H119N7O33/c1-11-119-81(112)56(92-63(101)37-22-15-27-39-96-42-55(94-95-96)34-23-24-36-57(99)49(3)91-85(114)127-75-69(105)60(124-83(117-10)72(75)108)44-120-84-71(107)70(106)68(104)59(125-84)43-116-9)35-25-26-38-90-64(102)45-118-46-65(103)126-74(67(52-28-16-12-17-29-52)93-79(110)53-30-18-13-19-31-53)82(113)123-58-41-89(115)78(128-80(111)54-32-20-14-21-33-54)76-87(8,61(100)40-62-88(76,47-121-62)129-51(5)98)77(109)73(122-50(4)97)66(48(58)2)86(89,6)7/h12-14,16-21,28-33,42,49,56,58-62,67-76,78,83-84,100,104-108,115H,11,15,22-27,34-41,43-47H2,1-10H3,(H,90,102)(H,91,114)(H,92,101)(H,93,110)/t49-,56-,58-,59?,60?,61-,62+,67-,68+,69+,70-,71?,72?,73+,74+,75-,76-,78-,83-,84-,87+,88-,89+/m0/s1. The van der Waals surface area contributed by atoms with Crippen LogP contribution in [0.3, 0.4) is 0 Å². The van der Waals surface area contributed by atoms with E-state index in [0.717, 1.165) is 13.8 Å². The van der Waals surface area contributed by atoms with E-state index in [1.54, 1.807) is 72.4 Å². The summed E-state index contributed by atoms with van der Waals surface area (Å²) in [6, 6.07) is 19.7. The van der Waals surface area contributed by atoms with Crippen molar-refractivity contribution in [2.24, 2.45) is 16.7 Å². The van der Waals surface area contributed by atoms with Gasteiger partial charge >= 0.3 is 41.9 Å². The minimum atomic E-state index is -2.58. The van der Waals surface area contributed by atoms with E-state index in [2.05, 4.69) is 31.6 Å². The van der Waals surface area contributed by atoms with Crippen LogP contribution in [-0.2, 0) is 122 Å². The van der Waals surface area contributed by atoms with Crippen molar-refractivity contribution in [1.82, 2.24) is 36.3 Å². The lowest BCUT2D eigenvalue weighted by molar-refractivity contribution is -0.346. The van der Waals surface area contributed by atoms with Crippen LogP contribution in [0.5, 0.6) is 0 Å². The quantitative estimate of drug-likeness (QED) is 0.0130. The Morgan fingerprint density at radius 1 is 0.682 bits per heavy atom. The molecule has 4 heterocycles. The number of amides is 4. The number of ketones is 2. The molecule has 10 rings (SSSR count). The molecular formula is C89H119N7O33. The molecule has 3 saturated heterocycles. The van der Waals surface area contributed by atoms with Gasteiger partial charge in [0.2, 0.25) is 17.9 Å². The van der Waals surface area contributed by atoms with Gasteiger partial charge in [-0.3, -0.25) is 38.2 Å². The Morgan fingerprint density at radius 3 is 2.00 bits per heavy atom. The van der Waals surface area contributed by atoms with E-state index in [-0.39, 0.29) is 85.0 Å². The second-order valence-electron chi connectivity index (χ2n) is 33.8. The van der Waals surface area contributed by atoms with Gasteiger partial charge in [0.15, 0.2) is 42.0 Å². The van der Waals surface area contributed by atoms with E-state index in [9.17, 15) is 83.7 Å². The summed E-state index contributed by atoms with van der Waals surface area (Å²) in [5, 5.41) is 98.6. The van der Waals surface area contributed by atoms with Crippen LogP contribution in [0.25, 0.3) is 0 Å². The molecule has 40 heteroatoms. The molecule has 708 valence electrons. The Labute approximate surface area is 744 Å². The van der Waals surface area contributed by atoms with Crippen LogP contribution >= 0.6 is 0 Å². The Hall–Kier alpha value is -10.2. The van der Waals surface area contributed by atoms with Crippen LogP contribution in [0.15, 0.2) is 108 Å². The van der Waals surface area contributed by atoms with E-state index >= 15 is 9.59 Å². The molecule has 4 aromatic rings. The summed E-state index contributed by atoms with van der Waals surface area (Å²) in [4.78, 5) is 167. The second-order valence-corrected chi connectivity index (χ2v) is 33.8. The first-order chi connectivity index (χ1) is 61.4. The molecule has 4 unspecified atom stereocenters. The number of hydrogen-bond donors (Lipinski definition) is 11. The number of carbonyl (C=O) groups excluding carboxylic acids is 12. The molecule has 129 heavy (non-hydrogen) atoms. The number of Topliss-reactive ketones (excluding diaryl/α,β-unsaturated/α-hetero) is 2. The summed E-state index contributed by atoms with van der Waals surface area (Å²) >= 11 is 0. The van der Waals surface area contributed by atoms with E-state index in [0.29, 0.717) is 63.6 Å². The summed E-state index contributed by atoms with van der Waals surface area (Å²) in [7, 11) is 2.53. The fourth-order valence-corrected chi connectivity index (χ4v) is 17.7. The molecule has 4 amide bonds. The van der Waals surface area contributed by atoms with Gasteiger partial charge in [0, 0.05) is 84.0 Å². The third-order valence-corrected chi connectivity index (χ3v) is 24.7. The summed E-state index contributed by atoms with van der Waals surface area (Å²) in [6.45, 7) is 8.83. The average molecular weight is 1810 g/mol. The Balaban J connectivity index is 0.693. The zero-order valence-electron chi connectivity index (χ0n) is 73.7. The first-order valence-corrected chi connectivity index (χ1v) is 43.2. The molecule has 6 aliphatic rings. The third-order valence-electron chi connectivity index (χ3n) is 24.7. The van der Waals surface area contributed by atoms with Crippen molar-refractivity contribution in [3.05, 3.63) is 131 Å². The summed E-state index contributed by atoms with van der Waals surface area (Å²) in [5.74, 6) is -10.9. The maximum atomic E-state index is 16.0. The van der Waals surface area contributed by atoms with Gasteiger partial charge < -0.3 is 123 Å². The highest BCUT2D eigenvalue weighted by atomic mass is 16.7. The number of unbranched alkanes of at least 4 members (excludes halogenated alkanes) is 4. The number of aliphatic hydroxyl groups excluding tert-OH is 6. The number of carbonyl (C=O) groups is 12. The minimum absolute atomic E-state index is 0.0138. The van der Waals surface area contributed by atoms with E-state index in [4.69, 9.17) is 66.3 Å². The summed E-state index contributed by atoms with van der Waals surface area (Å²) < 4.78 is 81.8. The number of alkyl carbamates (subject to hydrolysis) is 1. The van der Waals surface area contributed by atoms with Gasteiger partial charge in [0.25, 0.3) is 5.91 Å². The SMILES string of the molecule is CCOC(=O)[C@H](CCCCNC(=O)COCC(=O)O[C@@H](C(=O)O[C@H]1C[C@@]2(O)[C@@H](OC(=O)c3ccccc3)[C@@H]3[C@]4(OC(C)=O)CO[C@@H]4C[C@H](O)[C@@]3(C)C(=O)[C@H](OC(C)=O)C(=C1C)C2(C)C)[C@@H](NC(=O)c1ccccc1)c1ccccc1)NC(=O)CCCCCn1cc(CCCCC(=O)[C@H](C)NC(=O)O[C@@H]2C(O)[C@@H](OC)OC(CO[C@H]3OC(COC)[C@@H](O)[C@H](O)C3O)[C@H]2O)nn1. The van der Waals surface area contributed by atoms with Gasteiger partial charge in [-0.15, -0.1) is 5.10 Å². The van der Waals surface area contributed by atoms with Gasteiger partial charge in [-0.1, -0.05) is 92.2 Å². The number of fused-ring (bicyclic) bond motifs is 5. The van der Waals surface area contributed by atoms with Crippen molar-refractivity contribution in [3.8, 4) is 0 Å². The predicted molar refractivity (Wildman–Crippen MR) is 444 cm³/mol. The molecule has 23 atom stereocenters. The molecular weight excluding hydrogens is 1690 g/mol. The monoisotopic (exact) mass is 1810 g/mol. The van der Waals surface area contributed by atoms with Crippen LogP contribution in [-0.4, -0.2) is 304 Å². The zero-order valence-corrected chi connectivity index (χ0v) is 73.7. The predicted octanol–water partition coefficient (Wildman–Crippen LogP) is 1.82. The van der Waals surface area contributed by atoms with Crippen molar-refractivity contribution >= 4 is 71.2 Å². The normalized spacial score (nSPS) is 28.9. The number of aliphatic hydroxyl groups is 7. The van der Waals surface area contributed by atoms with Crippen LogP contribution in [0, 0.1) is 16.7 Å². The maximum absolute atomic E-state index is 16.0. The van der Waals surface area contributed by atoms with Crippen LogP contribution in [0.1, 0.15) is 170 Å². The molecule has 3 aromatic carbocycles. The highest BCUT2D eigenvalue weighted by Crippen LogP contribution is 2.65. The number of ether oxygens (including phenoxy) is 14. The number of benzene rings is 3. The maximum Gasteiger partial charge on any atom is 0.408 e. The Kier molecular flexibility index (Phi) is 35.7.